The van der Waals surface area contributed by atoms with Gasteiger partial charge in [-0.05, 0) is 25.8 Å². The van der Waals surface area contributed by atoms with Gasteiger partial charge in [-0.2, -0.15) is 0 Å². The molecule has 0 saturated carbocycles. The minimum atomic E-state index is -1.06. The Morgan fingerprint density at radius 2 is 2.08 bits per heavy atom. The van der Waals surface area contributed by atoms with Crippen LogP contribution in [0.1, 0.15) is 61.4 Å². The molecular formula is C16H19N3O4S. The second-order valence-corrected chi connectivity index (χ2v) is 6.27. The summed E-state index contributed by atoms with van der Waals surface area (Å²) in [5.74, 6) is -1.41. The Bertz CT molecular complexity index is 791. The summed E-state index contributed by atoms with van der Waals surface area (Å²) in [6, 6.07) is 0. The highest BCUT2D eigenvalue weighted by Gasteiger charge is 2.21. The van der Waals surface area contributed by atoms with E-state index in [0.29, 0.717) is 41.3 Å². The molecule has 0 aromatic carbocycles. The van der Waals surface area contributed by atoms with Crippen LogP contribution in [-0.2, 0) is 12.8 Å². The topological polar surface area (TPSA) is 112 Å². The third kappa shape index (κ3) is 3.70. The van der Waals surface area contributed by atoms with Gasteiger partial charge in [-0.1, -0.05) is 6.92 Å². The first-order valence-electron chi connectivity index (χ1n) is 7.53. The SMILES string of the molecule is CCc1c(C(=O)NCCc2nc(C(=O)O)cs2)[nH]c(C)c1C(C)=O. The number of carboxylic acid groups (broad SMARTS) is 1. The highest BCUT2D eigenvalue weighted by molar-refractivity contribution is 7.09. The number of H-pyrrole nitrogens is 1. The molecule has 24 heavy (non-hydrogen) atoms. The monoisotopic (exact) mass is 349 g/mol. The number of hydrogen-bond donors (Lipinski definition) is 3. The van der Waals surface area contributed by atoms with Gasteiger partial charge in [-0.3, -0.25) is 9.59 Å². The molecule has 8 heteroatoms. The number of ketones is 1. The maximum absolute atomic E-state index is 12.4. The molecule has 0 fully saturated rings. The molecule has 0 atom stereocenters. The minimum absolute atomic E-state index is 0.0145. The summed E-state index contributed by atoms with van der Waals surface area (Å²) < 4.78 is 0. The number of hydrogen-bond acceptors (Lipinski definition) is 5. The Hall–Kier alpha value is -2.48. The number of carbonyl (C=O) groups excluding carboxylic acids is 2. The van der Waals surface area contributed by atoms with Crippen LogP contribution in [0.3, 0.4) is 0 Å². The first kappa shape index (κ1) is 17.9. The lowest BCUT2D eigenvalue weighted by Crippen LogP contribution is -2.27. The first-order valence-corrected chi connectivity index (χ1v) is 8.41. The van der Waals surface area contributed by atoms with Crippen LogP contribution in [0.15, 0.2) is 5.38 Å². The average Bonchev–Trinajstić information content (AvgIpc) is 3.11. The summed E-state index contributed by atoms with van der Waals surface area (Å²) in [5.41, 5.74) is 2.41. The van der Waals surface area contributed by atoms with E-state index in [1.165, 1.54) is 23.6 Å². The van der Waals surface area contributed by atoms with Gasteiger partial charge < -0.3 is 15.4 Å². The zero-order chi connectivity index (χ0) is 17.9. The van der Waals surface area contributed by atoms with E-state index in [-0.39, 0.29) is 17.4 Å². The number of aromatic carboxylic acids is 1. The number of nitrogens with zero attached hydrogens (tertiary/aromatic N) is 1. The molecule has 0 bridgehead atoms. The van der Waals surface area contributed by atoms with Gasteiger partial charge in [0.15, 0.2) is 11.5 Å². The fourth-order valence-corrected chi connectivity index (χ4v) is 3.37. The van der Waals surface area contributed by atoms with Crippen molar-refractivity contribution in [3.8, 4) is 0 Å². The number of aryl methyl sites for hydroxylation is 1. The normalized spacial score (nSPS) is 10.6. The molecule has 3 N–H and O–H groups in total. The number of Topliss-reactive ketones (excluding diaryl/α,β-unsaturated/α-hetero) is 1. The van der Waals surface area contributed by atoms with Gasteiger partial charge >= 0.3 is 5.97 Å². The molecule has 0 spiro atoms. The van der Waals surface area contributed by atoms with Crippen molar-refractivity contribution >= 4 is 29.0 Å². The zero-order valence-corrected chi connectivity index (χ0v) is 14.5. The van der Waals surface area contributed by atoms with Crippen molar-refractivity contribution in [2.45, 2.75) is 33.6 Å². The molecule has 2 rings (SSSR count). The summed E-state index contributed by atoms with van der Waals surface area (Å²) in [4.78, 5) is 41.8. The van der Waals surface area contributed by atoms with E-state index >= 15 is 0 Å². The van der Waals surface area contributed by atoms with Crippen molar-refractivity contribution < 1.29 is 19.5 Å². The lowest BCUT2D eigenvalue weighted by atomic mass is 10.0. The van der Waals surface area contributed by atoms with Crippen molar-refractivity contribution in [1.29, 1.82) is 0 Å². The number of aromatic amines is 1. The summed E-state index contributed by atoms with van der Waals surface area (Å²) in [6.07, 6.45) is 1.03. The Kier molecular flexibility index (Phi) is 5.50. The molecular weight excluding hydrogens is 330 g/mol. The van der Waals surface area contributed by atoms with E-state index < -0.39 is 5.97 Å². The number of rotatable bonds is 7. The molecule has 7 nitrogen and oxygen atoms in total. The Morgan fingerprint density at radius 1 is 1.38 bits per heavy atom. The Labute approximate surface area is 143 Å². The third-order valence-corrected chi connectivity index (χ3v) is 4.53. The van der Waals surface area contributed by atoms with Crippen LogP contribution < -0.4 is 5.32 Å². The molecule has 0 aliphatic carbocycles. The van der Waals surface area contributed by atoms with Crippen LogP contribution in [0, 0.1) is 6.92 Å². The Balaban J connectivity index is 2.03. The van der Waals surface area contributed by atoms with Gasteiger partial charge in [0.1, 0.15) is 5.69 Å². The van der Waals surface area contributed by atoms with Crippen LogP contribution in [0.25, 0.3) is 0 Å². The second kappa shape index (κ2) is 7.39. The average molecular weight is 349 g/mol. The van der Waals surface area contributed by atoms with Crippen molar-refractivity contribution in [1.82, 2.24) is 15.3 Å². The molecule has 1 amide bonds. The Morgan fingerprint density at radius 3 is 2.62 bits per heavy atom. The van der Waals surface area contributed by atoms with Gasteiger partial charge in [0.2, 0.25) is 0 Å². The van der Waals surface area contributed by atoms with Crippen LogP contribution in [0.2, 0.25) is 0 Å². The number of amides is 1. The van der Waals surface area contributed by atoms with Gasteiger partial charge in [-0.25, -0.2) is 9.78 Å². The van der Waals surface area contributed by atoms with Crippen LogP contribution in [0.5, 0.6) is 0 Å². The predicted molar refractivity (Wildman–Crippen MR) is 90.0 cm³/mol. The summed E-state index contributed by atoms with van der Waals surface area (Å²) >= 11 is 1.25. The van der Waals surface area contributed by atoms with Crippen molar-refractivity contribution in [2.24, 2.45) is 0 Å². The molecule has 0 radical (unpaired) electrons. The summed E-state index contributed by atoms with van der Waals surface area (Å²) in [5, 5.41) is 13.7. The van der Waals surface area contributed by atoms with E-state index in [1.807, 2.05) is 6.92 Å². The molecule has 0 saturated heterocycles. The number of carboxylic acids is 1. The minimum Gasteiger partial charge on any atom is -0.476 e. The van der Waals surface area contributed by atoms with Gasteiger partial charge in [0.25, 0.3) is 5.91 Å². The molecule has 2 aromatic rings. The lowest BCUT2D eigenvalue weighted by molar-refractivity contribution is 0.0690. The van der Waals surface area contributed by atoms with Gasteiger partial charge in [0, 0.05) is 29.6 Å². The smallest absolute Gasteiger partial charge is 0.355 e. The van der Waals surface area contributed by atoms with E-state index in [9.17, 15) is 14.4 Å². The van der Waals surface area contributed by atoms with E-state index in [1.54, 1.807) is 6.92 Å². The van der Waals surface area contributed by atoms with Crippen molar-refractivity contribution in [2.75, 3.05) is 6.54 Å². The molecule has 128 valence electrons. The maximum Gasteiger partial charge on any atom is 0.355 e. The first-order chi connectivity index (χ1) is 11.3. The van der Waals surface area contributed by atoms with E-state index in [4.69, 9.17) is 5.11 Å². The fourth-order valence-electron chi connectivity index (χ4n) is 2.60. The number of aromatic nitrogens is 2. The molecule has 2 aromatic heterocycles. The molecule has 0 unspecified atom stereocenters. The highest BCUT2D eigenvalue weighted by atomic mass is 32.1. The summed E-state index contributed by atoms with van der Waals surface area (Å²) in [6.45, 7) is 5.49. The van der Waals surface area contributed by atoms with Gasteiger partial charge in [-0.15, -0.1) is 11.3 Å². The largest absolute Gasteiger partial charge is 0.476 e. The lowest BCUT2D eigenvalue weighted by Gasteiger charge is -2.05. The second-order valence-electron chi connectivity index (χ2n) is 5.33. The standard InChI is InChI=1S/C16H19N3O4S/c1-4-10-13(9(3)20)8(2)18-14(10)15(21)17-6-5-12-19-11(7-24-12)16(22)23/h7,18H,4-6H2,1-3H3,(H,17,21)(H,22,23). The number of thiazole rings is 1. The maximum atomic E-state index is 12.4. The highest BCUT2D eigenvalue weighted by Crippen LogP contribution is 2.20. The fraction of sp³-hybridized carbons (Fsp3) is 0.375. The molecule has 0 aliphatic heterocycles. The number of carbonyl (C=O) groups is 3. The number of nitrogens with one attached hydrogen (secondary N) is 2. The van der Waals surface area contributed by atoms with Crippen molar-refractivity contribution in [3.05, 3.63) is 38.6 Å². The zero-order valence-electron chi connectivity index (χ0n) is 13.7. The predicted octanol–water partition coefficient (Wildman–Crippen LogP) is 2.22. The van der Waals surface area contributed by atoms with Crippen LogP contribution in [-0.4, -0.2) is 39.3 Å². The van der Waals surface area contributed by atoms with Crippen LogP contribution in [0.4, 0.5) is 0 Å². The van der Waals surface area contributed by atoms with E-state index in [0.717, 1.165) is 5.56 Å². The quantitative estimate of drug-likeness (QED) is 0.664. The molecule has 0 aliphatic rings. The molecule has 2 heterocycles. The van der Waals surface area contributed by atoms with Crippen LogP contribution >= 0.6 is 11.3 Å². The summed E-state index contributed by atoms with van der Waals surface area (Å²) in [7, 11) is 0. The third-order valence-electron chi connectivity index (χ3n) is 3.62. The van der Waals surface area contributed by atoms with E-state index in [2.05, 4.69) is 15.3 Å². The van der Waals surface area contributed by atoms with Gasteiger partial charge in [0.05, 0.1) is 5.01 Å². The van der Waals surface area contributed by atoms with Crippen molar-refractivity contribution in [3.63, 3.8) is 0 Å².